The zero-order chi connectivity index (χ0) is 20.6. The first-order valence-corrected chi connectivity index (χ1v) is 9.82. The molecule has 1 aromatic carbocycles. The van der Waals surface area contributed by atoms with Gasteiger partial charge in [-0.2, -0.15) is 0 Å². The molecular formula is C22H31N3O3. The number of amides is 1. The highest BCUT2D eigenvalue weighted by Crippen LogP contribution is 2.22. The summed E-state index contributed by atoms with van der Waals surface area (Å²) in [5.74, 6) is -0.339. The normalized spacial score (nSPS) is 11.3. The van der Waals surface area contributed by atoms with E-state index in [4.69, 9.17) is 4.74 Å². The summed E-state index contributed by atoms with van der Waals surface area (Å²) >= 11 is 0. The highest BCUT2D eigenvalue weighted by atomic mass is 16.5. The zero-order valence-electron chi connectivity index (χ0n) is 17.4. The van der Waals surface area contributed by atoms with Crippen LogP contribution in [0.4, 0.5) is 0 Å². The van der Waals surface area contributed by atoms with Crippen molar-refractivity contribution in [3.05, 3.63) is 54.1 Å². The van der Waals surface area contributed by atoms with Crippen LogP contribution in [-0.2, 0) is 21.5 Å². The lowest BCUT2D eigenvalue weighted by atomic mass is 9.86. The first-order valence-electron chi connectivity index (χ1n) is 9.82. The number of hydrogen-bond donors (Lipinski definition) is 0. The Hall–Kier alpha value is -2.63. The Morgan fingerprint density at radius 3 is 2.43 bits per heavy atom. The Balaban J connectivity index is 2.04. The number of aromatic nitrogens is 2. The average Bonchev–Trinajstić information content (AvgIpc) is 3.17. The fourth-order valence-corrected chi connectivity index (χ4v) is 2.93. The van der Waals surface area contributed by atoms with Gasteiger partial charge in [-0.1, -0.05) is 32.9 Å². The van der Waals surface area contributed by atoms with Gasteiger partial charge < -0.3 is 14.2 Å². The summed E-state index contributed by atoms with van der Waals surface area (Å²) < 4.78 is 6.98. The molecule has 0 aliphatic heterocycles. The van der Waals surface area contributed by atoms with Crippen LogP contribution in [0.15, 0.2) is 43.0 Å². The maximum atomic E-state index is 13.0. The molecule has 0 spiro atoms. The maximum Gasteiger partial charge on any atom is 0.307 e. The highest BCUT2D eigenvalue weighted by molar-refractivity contribution is 5.94. The Morgan fingerprint density at radius 1 is 1.14 bits per heavy atom. The lowest BCUT2D eigenvalue weighted by Crippen LogP contribution is -2.34. The van der Waals surface area contributed by atoms with Gasteiger partial charge in [0, 0.05) is 37.6 Å². The molecule has 0 N–H and O–H groups in total. The molecule has 0 aliphatic rings. The van der Waals surface area contributed by atoms with Crippen LogP contribution in [-0.4, -0.2) is 46.0 Å². The molecule has 1 aromatic heterocycles. The van der Waals surface area contributed by atoms with Crippen LogP contribution in [0.3, 0.4) is 0 Å². The van der Waals surface area contributed by atoms with Gasteiger partial charge in [0.2, 0.25) is 0 Å². The monoisotopic (exact) mass is 385 g/mol. The topological polar surface area (TPSA) is 64.4 Å². The summed E-state index contributed by atoms with van der Waals surface area (Å²) in [6, 6.07) is 7.75. The van der Waals surface area contributed by atoms with Crippen molar-refractivity contribution >= 4 is 11.9 Å². The van der Waals surface area contributed by atoms with E-state index in [-0.39, 0.29) is 23.7 Å². The van der Waals surface area contributed by atoms with E-state index in [2.05, 4.69) is 25.8 Å². The van der Waals surface area contributed by atoms with Crippen LogP contribution < -0.4 is 0 Å². The largest absolute Gasteiger partial charge is 0.466 e. The van der Waals surface area contributed by atoms with E-state index >= 15 is 0 Å². The molecule has 1 heterocycles. The summed E-state index contributed by atoms with van der Waals surface area (Å²) in [4.78, 5) is 30.5. The molecule has 6 heteroatoms. The second kappa shape index (κ2) is 10.1. The van der Waals surface area contributed by atoms with Gasteiger partial charge in [-0.05, 0) is 36.5 Å². The van der Waals surface area contributed by atoms with Crippen LogP contribution >= 0.6 is 0 Å². The molecule has 0 unspecified atom stereocenters. The molecule has 6 nitrogen and oxygen atoms in total. The summed E-state index contributed by atoms with van der Waals surface area (Å²) in [5, 5.41) is 0. The number of esters is 1. The Bertz CT molecular complexity index is 746. The minimum Gasteiger partial charge on any atom is -0.466 e. The third-order valence-corrected chi connectivity index (χ3v) is 4.58. The smallest absolute Gasteiger partial charge is 0.307 e. The van der Waals surface area contributed by atoms with Crippen molar-refractivity contribution in [3.8, 4) is 0 Å². The molecule has 2 rings (SSSR count). The predicted octanol–water partition coefficient (Wildman–Crippen LogP) is 3.67. The number of carbonyl (C=O) groups excluding carboxylic acids is 2. The van der Waals surface area contributed by atoms with Crippen LogP contribution in [0.1, 0.15) is 56.5 Å². The highest BCUT2D eigenvalue weighted by Gasteiger charge is 2.19. The van der Waals surface area contributed by atoms with Gasteiger partial charge >= 0.3 is 5.97 Å². The number of benzene rings is 1. The second-order valence-corrected chi connectivity index (χ2v) is 7.83. The zero-order valence-corrected chi connectivity index (χ0v) is 17.4. The molecule has 28 heavy (non-hydrogen) atoms. The van der Waals surface area contributed by atoms with Crippen LogP contribution in [0.25, 0.3) is 0 Å². The van der Waals surface area contributed by atoms with Crippen LogP contribution in [0, 0.1) is 0 Å². The Morgan fingerprint density at radius 2 is 1.86 bits per heavy atom. The van der Waals surface area contributed by atoms with Crippen molar-refractivity contribution in [3.63, 3.8) is 0 Å². The maximum absolute atomic E-state index is 13.0. The molecule has 0 atom stereocenters. The van der Waals surface area contributed by atoms with Gasteiger partial charge in [-0.3, -0.25) is 9.59 Å². The van der Waals surface area contributed by atoms with Gasteiger partial charge in [0.15, 0.2) is 0 Å². The number of ether oxygens (including phenoxy) is 1. The number of carbonyl (C=O) groups is 2. The van der Waals surface area contributed by atoms with E-state index in [9.17, 15) is 9.59 Å². The average molecular weight is 386 g/mol. The predicted molar refractivity (Wildman–Crippen MR) is 109 cm³/mol. The fourth-order valence-electron chi connectivity index (χ4n) is 2.93. The van der Waals surface area contributed by atoms with Crippen molar-refractivity contribution in [2.24, 2.45) is 0 Å². The van der Waals surface area contributed by atoms with Crippen LogP contribution in [0.2, 0.25) is 0 Å². The number of aryl methyl sites for hydroxylation is 1. The number of nitrogens with zero attached hydrogens (tertiary/aromatic N) is 3. The van der Waals surface area contributed by atoms with Crippen molar-refractivity contribution in [1.29, 1.82) is 0 Å². The van der Waals surface area contributed by atoms with E-state index in [1.165, 1.54) is 5.56 Å². The van der Waals surface area contributed by atoms with Crippen LogP contribution in [0.5, 0.6) is 0 Å². The minimum absolute atomic E-state index is 0.0377. The minimum atomic E-state index is -0.280. The van der Waals surface area contributed by atoms with Gasteiger partial charge in [-0.25, -0.2) is 4.98 Å². The first-order chi connectivity index (χ1) is 13.3. The molecule has 152 valence electrons. The number of hydrogen-bond acceptors (Lipinski definition) is 4. The van der Waals surface area contributed by atoms with E-state index in [1.807, 2.05) is 35.0 Å². The molecule has 0 fully saturated rings. The second-order valence-electron chi connectivity index (χ2n) is 7.83. The molecule has 0 saturated heterocycles. The standard InChI is InChI=1S/C22H31N3O3/c1-5-28-20(26)11-15-25(14-6-13-24-16-12-23-17-24)21(27)18-7-9-19(10-8-18)22(2,3)4/h7-10,12,16-17H,5-6,11,13-15H2,1-4H3. The summed E-state index contributed by atoms with van der Waals surface area (Å²) in [6.45, 7) is 10.2. The van der Waals surface area contributed by atoms with Gasteiger partial charge in [0.25, 0.3) is 5.91 Å². The quantitative estimate of drug-likeness (QED) is 0.618. The van der Waals surface area contributed by atoms with Gasteiger partial charge in [0.1, 0.15) is 0 Å². The number of rotatable bonds is 9. The third kappa shape index (κ3) is 6.51. The molecule has 0 aliphatic carbocycles. The van der Waals surface area contributed by atoms with Crippen molar-refractivity contribution < 1.29 is 14.3 Å². The van der Waals surface area contributed by atoms with E-state index < -0.39 is 0 Å². The fraction of sp³-hybridized carbons (Fsp3) is 0.500. The van der Waals surface area contributed by atoms with E-state index in [0.717, 1.165) is 13.0 Å². The van der Waals surface area contributed by atoms with Gasteiger partial charge in [0.05, 0.1) is 19.4 Å². The van der Waals surface area contributed by atoms with Crippen molar-refractivity contribution in [1.82, 2.24) is 14.5 Å². The van der Waals surface area contributed by atoms with E-state index in [1.54, 1.807) is 24.3 Å². The summed E-state index contributed by atoms with van der Waals surface area (Å²) in [7, 11) is 0. The molecule has 0 saturated carbocycles. The lowest BCUT2D eigenvalue weighted by Gasteiger charge is -2.24. The molecular weight excluding hydrogens is 354 g/mol. The number of imidazole rings is 1. The molecule has 0 bridgehead atoms. The Labute approximate surface area is 167 Å². The van der Waals surface area contributed by atoms with Gasteiger partial charge in [-0.15, -0.1) is 0 Å². The summed E-state index contributed by atoms with van der Waals surface area (Å²) in [6.07, 6.45) is 6.38. The summed E-state index contributed by atoms with van der Waals surface area (Å²) in [5.41, 5.74) is 1.86. The Kier molecular flexibility index (Phi) is 7.79. The molecule has 2 aromatic rings. The van der Waals surface area contributed by atoms with Crippen molar-refractivity contribution in [2.45, 2.75) is 52.5 Å². The van der Waals surface area contributed by atoms with E-state index in [0.29, 0.717) is 25.3 Å². The lowest BCUT2D eigenvalue weighted by molar-refractivity contribution is -0.143. The van der Waals surface area contributed by atoms with Crippen molar-refractivity contribution in [2.75, 3.05) is 19.7 Å². The SMILES string of the molecule is CCOC(=O)CCN(CCCn1ccnc1)C(=O)c1ccc(C(C)(C)C)cc1. The third-order valence-electron chi connectivity index (χ3n) is 4.58. The molecule has 1 amide bonds. The molecule has 0 radical (unpaired) electrons. The first kappa shape index (κ1) is 21.7.